The molecule has 0 bridgehead atoms. The predicted octanol–water partition coefficient (Wildman–Crippen LogP) is 4.23. The van der Waals surface area contributed by atoms with Crippen LogP contribution in [0.3, 0.4) is 0 Å². The Labute approximate surface area is 178 Å². The van der Waals surface area contributed by atoms with E-state index in [0.29, 0.717) is 29.9 Å². The lowest BCUT2D eigenvalue weighted by Gasteiger charge is -2.25. The predicted molar refractivity (Wildman–Crippen MR) is 113 cm³/mol. The van der Waals surface area contributed by atoms with Gasteiger partial charge in [0.2, 0.25) is 0 Å². The maximum atomic E-state index is 12.9. The van der Waals surface area contributed by atoms with Crippen molar-refractivity contribution in [1.29, 1.82) is 0 Å². The summed E-state index contributed by atoms with van der Waals surface area (Å²) in [6.45, 7) is 0.407. The summed E-state index contributed by atoms with van der Waals surface area (Å²) in [5.41, 5.74) is 2.68. The average Bonchev–Trinajstić information content (AvgIpc) is 3.46. The van der Waals surface area contributed by atoms with Crippen LogP contribution in [0.15, 0.2) is 83.6 Å². The molecule has 2 aromatic carbocycles. The zero-order valence-corrected chi connectivity index (χ0v) is 16.5. The number of esters is 1. The van der Waals surface area contributed by atoms with E-state index >= 15 is 0 Å². The molecule has 4 aromatic rings. The number of hydrogen-bond acceptors (Lipinski definition) is 5. The summed E-state index contributed by atoms with van der Waals surface area (Å²) in [5.74, 6) is 0.636. The third-order valence-corrected chi connectivity index (χ3v) is 5.26. The summed E-state index contributed by atoms with van der Waals surface area (Å²) in [6, 6.07) is 20.0. The molecule has 0 spiro atoms. The van der Waals surface area contributed by atoms with Gasteiger partial charge in [-0.1, -0.05) is 30.3 Å². The van der Waals surface area contributed by atoms with Gasteiger partial charge >= 0.3 is 5.97 Å². The third-order valence-electron chi connectivity index (χ3n) is 5.26. The summed E-state index contributed by atoms with van der Waals surface area (Å²) >= 11 is 0. The average molecular weight is 413 g/mol. The van der Waals surface area contributed by atoms with Crippen molar-refractivity contribution < 1.29 is 18.7 Å². The Bertz CT molecular complexity index is 1230. The number of rotatable bonds is 5. The topological polar surface area (TPSA) is 86.4 Å². The van der Waals surface area contributed by atoms with Crippen LogP contribution in [0.5, 0.6) is 0 Å². The van der Waals surface area contributed by atoms with Crippen LogP contribution >= 0.6 is 0 Å². The largest absolute Gasteiger partial charge is 0.467 e. The maximum Gasteiger partial charge on any atom is 0.339 e. The molecular weight excluding hydrogens is 394 g/mol. The van der Waals surface area contributed by atoms with Gasteiger partial charge in [0.25, 0.3) is 5.91 Å². The fourth-order valence-corrected chi connectivity index (χ4v) is 3.69. The number of aromatic nitrogens is 2. The van der Waals surface area contributed by atoms with Crippen LogP contribution in [0.2, 0.25) is 0 Å². The number of fused-ring (bicyclic) bond motifs is 1. The van der Waals surface area contributed by atoms with E-state index < -0.39 is 0 Å². The van der Waals surface area contributed by atoms with Crippen LogP contribution in [0.25, 0.3) is 0 Å². The van der Waals surface area contributed by atoms with Gasteiger partial charge in [-0.2, -0.15) is 5.10 Å². The van der Waals surface area contributed by atoms with Gasteiger partial charge in [-0.15, -0.1) is 0 Å². The minimum absolute atomic E-state index is 0.279. The highest BCUT2D eigenvalue weighted by Gasteiger charge is 2.28. The zero-order chi connectivity index (χ0) is 21.2. The molecule has 0 saturated carbocycles. The molecule has 1 atom stereocenters. The van der Waals surface area contributed by atoms with Gasteiger partial charge in [0.1, 0.15) is 24.2 Å². The smallest absolute Gasteiger partial charge is 0.339 e. The SMILES string of the molecule is O=C(Nc1ccnn1Cc1ccco1)c1ccc2c(c1)CC(c1ccccc1)OC2=O. The van der Waals surface area contributed by atoms with Crippen molar-refractivity contribution in [3.8, 4) is 0 Å². The standard InChI is InChI=1S/C24H19N3O4/c28-23(26-22-10-11-25-27(22)15-19-7-4-12-30-19)17-8-9-20-18(13-17)14-21(31-24(20)29)16-5-2-1-3-6-16/h1-13,21H,14-15H2,(H,26,28). The molecule has 0 radical (unpaired) electrons. The highest BCUT2D eigenvalue weighted by Crippen LogP contribution is 2.31. The lowest BCUT2D eigenvalue weighted by molar-refractivity contribution is 0.0252. The van der Waals surface area contributed by atoms with Crippen LogP contribution in [0.1, 0.15) is 43.7 Å². The molecule has 0 fully saturated rings. The molecule has 3 heterocycles. The van der Waals surface area contributed by atoms with Crippen molar-refractivity contribution >= 4 is 17.7 Å². The summed E-state index contributed by atoms with van der Waals surface area (Å²) < 4.78 is 12.6. The summed E-state index contributed by atoms with van der Waals surface area (Å²) in [5, 5.41) is 7.13. The Morgan fingerprint density at radius 3 is 2.77 bits per heavy atom. The first kappa shape index (κ1) is 18.9. The number of carbonyl (C=O) groups excluding carboxylic acids is 2. The van der Waals surface area contributed by atoms with E-state index in [1.54, 1.807) is 47.5 Å². The van der Waals surface area contributed by atoms with Gasteiger partial charge in [0.05, 0.1) is 18.0 Å². The fourth-order valence-electron chi connectivity index (χ4n) is 3.69. The second kappa shape index (κ2) is 7.95. The Morgan fingerprint density at radius 2 is 1.97 bits per heavy atom. The minimum atomic E-state index is -0.376. The van der Waals surface area contributed by atoms with Crippen LogP contribution in [0.4, 0.5) is 5.82 Å². The van der Waals surface area contributed by atoms with E-state index in [1.165, 1.54) is 0 Å². The fraction of sp³-hybridized carbons (Fsp3) is 0.125. The van der Waals surface area contributed by atoms with Gasteiger partial charge in [-0.25, -0.2) is 9.48 Å². The lowest BCUT2D eigenvalue weighted by atomic mass is 9.93. The normalized spacial score (nSPS) is 15.2. The van der Waals surface area contributed by atoms with E-state index in [2.05, 4.69) is 10.4 Å². The lowest BCUT2D eigenvalue weighted by Crippen LogP contribution is -2.23. The maximum absolute atomic E-state index is 12.9. The Morgan fingerprint density at radius 1 is 1.10 bits per heavy atom. The number of carbonyl (C=O) groups is 2. The number of benzene rings is 2. The number of ether oxygens (including phenoxy) is 1. The minimum Gasteiger partial charge on any atom is -0.467 e. The molecule has 7 heteroatoms. The number of furan rings is 1. The van der Waals surface area contributed by atoms with E-state index in [4.69, 9.17) is 9.15 Å². The van der Waals surface area contributed by atoms with Crippen molar-refractivity contribution in [2.45, 2.75) is 19.1 Å². The molecule has 1 aliphatic rings. The first-order valence-corrected chi connectivity index (χ1v) is 9.92. The molecule has 2 aromatic heterocycles. The van der Waals surface area contributed by atoms with Crippen molar-refractivity contribution in [1.82, 2.24) is 9.78 Å². The zero-order valence-electron chi connectivity index (χ0n) is 16.5. The van der Waals surface area contributed by atoms with Crippen LogP contribution in [-0.4, -0.2) is 21.7 Å². The van der Waals surface area contributed by atoms with Gasteiger partial charge in [0.15, 0.2) is 0 Å². The Kier molecular flexibility index (Phi) is 4.84. The second-order valence-electron chi connectivity index (χ2n) is 7.29. The highest BCUT2D eigenvalue weighted by molar-refractivity contribution is 6.05. The van der Waals surface area contributed by atoms with Gasteiger partial charge in [-0.05, 0) is 41.5 Å². The highest BCUT2D eigenvalue weighted by atomic mass is 16.5. The van der Waals surface area contributed by atoms with Gasteiger partial charge in [-0.3, -0.25) is 4.79 Å². The molecule has 1 N–H and O–H groups in total. The molecule has 31 heavy (non-hydrogen) atoms. The molecular formula is C24H19N3O4. The van der Waals surface area contributed by atoms with Crippen molar-refractivity contribution in [2.75, 3.05) is 5.32 Å². The Balaban J connectivity index is 1.36. The number of nitrogens with zero attached hydrogens (tertiary/aromatic N) is 2. The van der Waals surface area contributed by atoms with Crippen molar-refractivity contribution in [3.05, 3.63) is 107 Å². The van der Waals surface area contributed by atoms with E-state index in [9.17, 15) is 9.59 Å². The molecule has 1 aliphatic heterocycles. The molecule has 0 saturated heterocycles. The summed E-state index contributed by atoms with van der Waals surface area (Å²) in [7, 11) is 0. The summed E-state index contributed by atoms with van der Waals surface area (Å²) in [4.78, 5) is 25.4. The van der Waals surface area contributed by atoms with Crippen molar-refractivity contribution in [2.24, 2.45) is 0 Å². The number of nitrogens with one attached hydrogen (secondary N) is 1. The molecule has 1 amide bonds. The third kappa shape index (κ3) is 3.85. The Hall–Kier alpha value is -4.13. The van der Waals surface area contributed by atoms with Gasteiger partial charge < -0.3 is 14.5 Å². The van der Waals surface area contributed by atoms with E-state index in [0.717, 1.165) is 16.9 Å². The molecule has 7 nitrogen and oxygen atoms in total. The summed E-state index contributed by atoms with van der Waals surface area (Å²) in [6.07, 6.45) is 3.36. The van der Waals surface area contributed by atoms with Crippen LogP contribution < -0.4 is 5.32 Å². The van der Waals surface area contributed by atoms with E-state index in [-0.39, 0.29) is 18.0 Å². The van der Waals surface area contributed by atoms with Crippen LogP contribution in [-0.2, 0) is 17.7 Å². The number of anilines is 1. The molecule has 5 rings (SSSR count). The first-order valence-electron chi connectivity index (χ1n) is 9.92. The number of hydrogen-bond donors (Lipinski definition) is 1. The van der Waals surface area contributed by atoms with Crippen molar-refractivity contribution in [3.63, 3.8) is 0 Å². The molecule has 154 valence electrons. The van der Waals surface area contributed by atoms with Crippen LogP contribution in [0, 0.1) is 0 Å². The second-order valence-corrected chi connectivity index (χ2v) is 7.29. The first-order chi connectivity index (χ1) is 15.2. The van der Waals surface area contributed by atoms with Gasteiger partial charge in [0, 0.05) is 18.1 Å². The quantitative estimate of drug-likeness (QED) is 0.495. The number of cyclic esters (lactones) is 1. The number of amides is 1. The molecule has 0 aliphatic carbocycles. The monoisotopic (exact) mass is 413 g/mol. The van der Waals surface area contributed by atoms with E-state index in [1.807, 2.05) is 36.4 Å². The molecule has 1 unspecified atom stereocenters.